The maximum atomic E-state index is 12.9. The van der Waals surface area contributed by atoms with Gasteiger partial charge in [-0.15, -0.1) is 6.58 Å². The predicted molar refractivity (Wildman–Crippen MR) is 183 cm³/mol. The van der Waals surface area contributed by atoms with Gasteiger partial charge >= 0.3 is 6.09 Å². The molecule has 1 amide bonds. The third-order valence-corrected chi connectivity index (χ3v) is 9.97. The van der Waals surface area contributed by atoms with Crippen molar-refractivity contribution < 1.29 is 38.0 Å². The van der Waals surface area contributed by atoms with Crippen molar-refractivity contribution in [3.63, 3.8) is 0 Å². The van der Waals surface area contributed by atoms with Crippen LogP contribution in [0.1, 0.15) is 87.0 Å². The Bertz CT molecular complexity index is 1130. The third kappa shape index (κ3) is 10.0. The van der Waals surface area contributed by atoms with Crippen LogP contribution in [0, 0.1) is 11.8 Å². The fourth-order valence-electron chi connectivity index (χ4n) is 7.46. The fourth-order valence-corrected chi connectivity index (χ4v) is 7.46. The van der Waals surface area contributed by atoms with Gasteiger partial charge < -0.3 is 33.2 Å². The SMILES string of the molecule is C=CCOC/C=C/C1CC(=C)C(CCC2CC(C)C(=C)C(C[C@@H]3OC(CC4CN(C(=O)OC(C)(C)C)C(C)(C)O4)[C@H](OC)C3C)O2)O1. The van der Waals surface area contributed by atoms with Gasteiger partial charge in [-0.25, -0.2) is 4.79 Å². The van der Waals surface area contributed by atoms with E-state index >= 15 is 0 Å². The molecule has 4 aliphatic heterocycles. The minimum atomic E-state index is -0.772. The van der Waals surface area contributed by atoms with E-state index < -0.39 is 11.3 Å². The van der Waals surface area contributed by atoms with Gasteiger partial charge in [0, 0.05) is 32.3 Å². The Morgan fingerprint density at radius 1 is 1.02 bits per heavy atom. The summed E-state index contributed by atoms with van der Waals surface area (Å²) in [6, 6.07) is 0. The Labute approximate surface area is 283 Å². The summed E-state index contributed by atoms with van der Waals surface area (Å²) < 4.78 is 43.2. The first-order chi connectivity index (χ1) is 22.1. The molecule has 0 N–H and O–H groups in total. The Morgan fingerprint density at radius 3 is 2.45 bits per heavy atom. The molecular weight excluding hydrogens is 598 g/mol. The number of methoxy groups -OCH3 is 1. The third-order valence-electron chi connectivity index (χ3n) is 9.97. The van der Waals surface area contributed by atoms with Crippen molar-refractivity contribution in [1.82, 2.24) is 4.90 Å². The van der Waals surface area contributed by atoms with E-state index in [0.29, 0.717) is 32.1 Å². The summed E-state index contributed by atoms with van der Waals surface area (Å²) in [5.74, 6) is 0.521. The highest BCUT2D eigenvalue weighted by atomic mass is 16.6. The number of hydrogen-bond acceptors (Lipinski definition) is 8. The van der Waals surface area contributed by atoms with Crippen molar-refractivity contribution in [2.45, 2.75) is 147 Å². The lowest BCUT2D eigenvalue weighted by Crippen LogP contribution is -2.46. The minimum Gasteiger partial charge on any atom is -0.444 e. The van der Waals surface area contributed by atoms with Gasteiger partial charge in [-0.2, -0.15) is 0 Å². The summed E-state index contributed by atoms with van der Waals surface area (Å²) in [5, 5.41) is 0. The van der Waals surface area contributed by atoms with Crippen LogP contribution < -0.4 is 0 Å². The smallest absolute Gasteiger partial charge is 0.412 e. The highest BCUT2D eigenvalue weighted by Crippen LogP contribution is 2.41. The normalized spacial score (nSPS) is 36.0. The lowest BCUT2D eigenvalue weighted by molar-refractivity contribution is -0.0992. The molecule has 0 aliphatic carbocycles. The van der Waals surface area contributed by atoms with E-state index in [-0.39, 0.29) is 60.8 Å². The van der Waals surface area contributed by atoms with Crippen LogP contribution in [0.25, 0.3) is 0 Å². The monoisotopic (exact) mass is 659 g/mol. The fraction of sp³-hybridized carbons (Fsp3) is 0.763. The first-order valence-electron chi connectivity index (χ1n) is 17.5. The van der Waals surface area contributed by atoms with E-state index in [1.54, 1.807) is 18.1 Å². The van der Waals surface area contributed by atoms with Crippen molar-refractivity contribution in [3.8, 4) is 0 Å². The van der Waals surface area contributed by atoms with Crippen LogP contribution in [0.15, 0.2) is 49.1 Å². The van der Waals surface area contributed by atoms with Crippen LogP contribution >= 0.6 is 0 Å². The van der Waals surface area contributed by atoms with E-state index in [1.165, 1.54) is 0 Å². The highest BCUT2D eigenvalue weighted by Gasteiger charge is 2.49. The summed E-state index contributed by atoms with van der Waals surface area (Å²) in [7, 11) is 1.75. The van der Waals surface area contributed by atoms with Gasteiger partial charge in [0.15, 0.2) is 0 Å². The molecule has 0 radical (unpaired) electrons. The second kappa shape index (κ2) is 16.1. The van der Waals surface area contributed by atoms with Gasteiger partial charge in [0.25, 0.3) is 0 Å². The van der Waals surface area contributed by atoms with Crippen LogP contribution in [0.3, 0.4) is 0 Å². The first kappa shape index (κ1) is 37.8. The summed E-state index contributed by atoms with van der Waals surface area (Å²) in [4.78, 5) is 14.6. The number of carbonyl (C=O) groups is 1. The molecule has 9 nitrogen and oxygen atoms in total. The molecule has 0 aromatic carbocycles. The van der Waals surface area contributed by atoms with Gasteiger partial charge in [0.05, 0.1) is 68.6 Å². The van der Waals surface area contributed by atoms with E-state index in [4.69, 9.17) is 33.2 Å². The first-order valence-corrected chi connectivity index (χ1v) is 17.5. The molecule has 9 heteroatoms. The topological polar surface area (TPSA) is 84.9 Å². The quantitative estimate of drug-likeness (QED) is 0.152. The predicted octanol–water partition coefficient (Wildman–Crippen LogP) is 7.16. The molecule has 0 saturated carbocycles. The molecule has 47 heavy (non-hydrogen) atoms. The molecule has 0 spiro atoms. The summed E-state index contributed by atoms with van der Waals surface area (Å²) in [6.45, 7) is 27.8. The molecule has 0 aromatic rings. The molecule has 4 fully saturated rings. The maximum absolute atomic E-state index is 12.9. The highest BCUT2D eigenvalue weighted by molar-refractivity contribution is 5.69. The van der Waals surface area contributed by atoms with E-state index in [0.717, 1.165) is 43.3 Å². The van der Waals surface area contributed by atoms with Crippen molar-refractivity contribution in [1.29, 1.82) is 0 Å². The standard InChI is InChI=1S/C38H61NO8/c1-12-17-42-18-13-14-28-20-25(3)31(43-28)16-15-29-19-24(2)26(4)32(44-29)22-33-27(5)35(41-11)34(45-33)21-30-23-39(38(9,10)46-30)36(40)47-37(6,7)8/h12-14,24,27-35H,1,3-4,15-23H2,2,5-11H3/b14-13+/t24?,27?,28?,29?,30?,31?,32?,33-,34?,35+/m0/s1. The minimum absolute atomic E-state index is 0.0386. The number of hydrogen-bond donors (Lipinski definition) is 0. The van der Waals surface area contributed by atoms with Gasteiger partial charge in [0.2, 0.25) is 0 Å². The van der Waals surface area contributed by atoms with E-state index in [1.807, 2.05) is 40.7 Å². The molecule has 4 aliphatic rings. The Morgan fingerprint density at radius 2 is 1.77 bits per heavy atom. The van der Waals surface area contributed by atoms with Gasteiger partial charge in [-0.3, -0.25) is 4.90 Å². The van der Waals surface area contributed by atoms with E-state index in [9.17, 15) is 4.79 Å². The second-order valence-electron chi connectivity index (χ2n) is 15.3. The molecule has 0 bridgehead atoms. The summed E-state index contributed by atoms with van der Waals surface area (Å²) >= 11 is 0. The van der Waals surface area contributed by atoms with E-state index in [2.05, 4.69) is 39.7 Å². The van der Waals surface area contributed by atoms with Crippen LogP contribution in [-0.2, 0) is 33.2 Å². The number of rotatable bonds is 13. The Hall–Kier alpha value is -2.01. The van der Waals surface area contributed by atoms with Crippen molar-refractivity contribution in [2.24, 2.45) is 11.8 Å². The molecular formula is C38H61NO8. The number of nitrogens with zero attached hydrogens (tertiary/aromatic N) is 1. The lowest BCUT2D eigenvalue weighted by atomic mass is 9.83. The van der Waals surface area contributed by atoms with Crippen LogP contribution in [0.5, 0.6) is 0 Å². The Kier molecular flexibility index (Phi) is 13.0. The molecule has 4 heterocycles. The van der Waals surface area contributed by atoms with Gasteiger partial charge in [-0.05, 0) is 70.9 Å². The molecule has 4 saturated heterocycles. The van der Waals surface area contributed by atoms with Crippen LogP contribution in [-0.4, -0.2) is 98.0 Å². The van der Waals surface area contributed by atoms with Crippen molar-refractivity contribution >= 4 is 6.09 Å². The van der Waals surface area contributed by atoms with Crippen LogP contribution in [0.2, 0.25) is 0 Å². The van der Waals surface area contributed by atoms with Crippen molar-refractivity contribution in [2.75, 3.05) is 26.9 Å². The number of amides is 1. The maximum Gasteiger partial charge on any atom is 0.412 e. The number of ether oxygens (including phenoxy) is 7. The second-order valence-corrected chi connectivity index (χ2v) is 15.3. The zero-order valence-corrected chi connectivity index (χ0v) is 30.2. The zero-order chi connectivity index (χ0) is 34.5. The van der Waals surface area contributed by atoms with Crippen LogP contribution in [0.4, 0.5) is 4.79 Å². The lowest BCUT2D eigenvalue weighted by Gasteiger charge is -2.38. The van der Waals surface area contributed by atoms with Gasteiger partial charge in [0.1, 0.15) is 11.3 Å². The molecule has 0 aromatic heterocycles. The average Bonchev–Trinajstić information content (AvgIpc) is 3.59. The molecule has 4 rings (SSSR count). The zero-order valence-electron chi connectivity index (χ0n) is 30.2. The average molecular weight is 660 g/mol. The molecule has 10 atom stereocenters. The van der Waals surface area contributed by atoms with Crippen molar-refractivity contribution in [3.05, 3.63) is 49.1 Å². The Balaban J connectivity index is 1.30. The molecule has 266 valence electrons. The van der Waals surface area contributed by atoms with Gasteiger partial charge in [-0.1, -0.05) is 45.2 Å². The largest absolute Gasteiger partial charge is 0.444 e. The summed E-state index contributed by atoms with van der Waals surface area (Å²) in [6.07, 6.45) is 10.0. The summed E-state index contributed by atoms with van der Waals surface area (Å²) in [5.41, 5.74) is 0.927. The molecule has 8 unspecified atom stereocenters. The number of carbonyl (C=O) groups excluding carboxylic acids is 1.